The third kappa shape index (κ3) is 6.99. The molecule has 11 heteroatoms. The van der Waals surface area contributed by atoms with Crippen LogP contribution in [0, 0.1) is 0 Å². The molecule has 2 aromatic rings. The molecule has 41 heavy (non-hydrogen) atoms. The summed E-state index contributed by atoms with van der Waals surface area (Å²) < 4.78 is 97.1. The molecule has 1 heterocycles. The van der Waals surface area contributed by atoms with Crippen molar-refractivity contribution in [2.24, 2.45) is 0 Å². The van der Waals surface area contributed by atoms with Gasteiger partial charge in [0.05, 0.1) is 6.61 Å². The van der Waals surface area contributed by atoms with Crippen molar-refractivity contribution in [3.8, 4) is 0 Å². The highest BCUT2D eigenvalue weighted by molar-refractivity contribution is 5.72. The van der Waals surface area contributed by atoms with Gasteiger partial charge in [0.15, 0.2) is 0 Å². The Bertz CT molecular complexity index is 1210. The van der Waals surface area contributed by atoms with Crippen molar-refractivity contribution in [3.05, 3.63) is 71.3 Å². The minimum absolute atomic E-state index is 0.163. The van der Waals surface area contributed by atoms with E-state index in [1.807, 2.05) is 18.7 Å². The third-order valence-electron chi connectivity index (χ3n) is 6.80. The number of carbonyl (C=O) groups excluding carboxylic acids is 1. The van der Waals surface area contributed by atoms with Gasteiger partial charge >= 0.3 is 18.4 Å². The first kappa shape index (κ1) is 32.3. The Labute approximate surface area is 236 Å². The summed E-state index contributed by atoms with van der Waals surface area (Å²) in [4.78, 5) is 16.2. The van der Waals surface area contributed by atoms with E-state index in [1.54, 1.807) is 44.7 Å². The number of hydrogen-bond acceptors (Lipinski definition) is 4. The molecule has 0 spiro atoms. The van der Waals surface area contributed by atoms with E-state index in [9.17, 15) is 31.1 Å². The Morgan fingerprint density at radius 1 is 0.927 bits per heavy atom. The highest BCUT2D eigenvalue weighted by atomic mass is 19.4. The Hall–Kier alpha value is -3.21. The van der Waals surface area contributed by atoms with Crippen molar-refractivity contribution in [2.45, 2.75) is 83.8 Å². The third-order valence-corrected chi connectivity index (χ3v) is 6.80. The Morgan fingerprint density at radius 3 is 2.07 bits per heavy atom. The number of halogens is 6. The van der Waals surface area contributed by atoms with Crippen LogP contribution >= 0.6 is 0 Å². The van der Waals surface area contributed by atoms with Crippen molar-refractivity contribution in [3.63, 3.8) is 0 Å². The molecule has 2 atom stereocenters. The molecule has 1 saturated heterocycles. The van der Waals surface area contributed by atoms with Gasteiger partial charge in [0.25, 0.3) is 5.60 Å². The molecule has 0 aliphatic carbocycles. The van der Waals surface area contributed by atoms with Crippen LogP contribution in [-0.4, -0.2) is 54.1 Å². The lowest BCUT2D eigenvalue weighted by Crippen LogP contribution is -2.59. The van der Waals surface area contributed by atoms with Crippen molar-refractivity contribution < 1.29 is 40.6 Å². The van der Waals surface area contributed by atoms with E-state index in [0.717, 1.165) is 12.1 Å². The number of benzene rings is 2. The number of alkyl halides is 6. The summed E-state index contributed by atoms with van der Waals surface area (Å²) in [6, 6.07) is 9.73. The fraction of sp³-hybridized carbons (Fsp3) is 0.500. The van der Waals surface area contributed by atoms with E-state index in [0.29, 0.717) is 12.2 Å². The van der Waals surface area contributed by atoms with Gasteiger partial charge in [-0.25, -0.2) is 4.79 Å². The van der Waals surface area contributed by atoms with Gasteiger partial charge in [-0.1, -0.05) is 48.6 Å². The van der Waals surface area contributed by atoms with E-state index < -0.39 is 41.8 Å². The zero-order chi connectivity index (χ0) is 30.8. The number of anilines is 1. The fourth-order valence-corrected chi connectivity index (χ4v) is 4.89. The first-order chi connectivity index (χ1) is 18.9. The molecule has 1 aliphatic rings. The van der Waals surface area contributed by atoms with Crippen LogP contribution in [0.15, 0.2) is 54.6 Å². The lowest BCUT2D eigenvalue weighted by atomic mass is 9.89. The van der Waals surface area contributed by atoms with Gasteiger partial charge in [-0.15, -0.1) is 0 Å². The maximum absolute atomic E-state index is 14.5. The summed E-state index contributed by atoms with van der Waals surface area (Å²) in [7, 11) is 0. The van der Waals surface area contributed by atoms with Crippen LogP contribution in [-0.2, 0) is 21.7 Å². The SMILES string of the molecule is C/C=C\c1cc(C(OCc2ccccc2)(C(F)(F)F)C(F)(F)F)ccc1N1C[C@H](C)N(C(=O)OC(C)(C)C)C[C@H]1C. The Kier molecular flexibility index (Phi) is 9.42. The minimum atomic E-state index is -5.81. The van der Waals surface area contributed by atoms with Gasteiger partial charge in [-0.2, -0.15) is 26.3 Å². The Morgan fingerprint density at radius 2 is 1.54 bits per heavy atom. The summed E-state index contributed by atoms with van der Waals surface area (Å²) in [6.07, 6.45) is -9.10. The number of ether oxygens (including phenoxy) is 2. The van der Waals surface area contributed by atoms with Crippen LogP contribution in [0.4, 0.5) is 36.8 Å². The quantitative estimate of drug-likeness (QED) is 0.321. The first-order valence-electron chi connectivity index (χ1n) is 13.3. The largest absolute Gasteiger partial charge is 0.444 e. The summed E-state index contributed by atoms with van der Waals surface area (Å²) >= 11 is 0. The molecule has 226 valence electrons. The topological polar surface area (TPSA) is 42.0 Å². The summed E-state index contributed by atoms with van der Waals surface area (Å²) in [5.74, 6) is 0. The van der Waals surface area contributed by atoms with E-state index in [2.05, 4.69) is 0 Å². The lowest BCUT2D eigenvalue weighted by Gasteiger charge is -2.46. The number of allylic oxidation sites excluding steroid dienone is 1. The number of nitrogens with zero attached hydrogens (tertiary/aromatic N) is 2. The molecule has 0 N–H and O–H groups in total. The smallest absolute Gasteiger partial charge is 0.430 e. The normalized spacial score (nSPS) is 19.1. The van der Waals surface area contributed by atoms with Gasteiger partial charge < -0.3 is 19.3 Å². The molecule has 3 rings (SSSR count). The van der Waals surface area contributed by atoms with Crippen LogP contribution in [0.5, 0.6) is 0 Å². The number of amides is 1. The predicted octanol–water partition coefficient (Wildman–Crippen LogP) is 8.09. The monoisotopic (exact) mass is 586 g/mol. The molecule has 0 unspecified atom stereocenters. The van der Waals surface area contributed by atoms with Crippen LogP contribution in [0.1, 0.15) is 58.2 Å². The van der Waals surface area contributed by atoms with E-state index in [4.69, 9.17) is 9.47 Å². The van der Waals surface area contributed by atoms with Crippen molar-refractivity contribution in [2.75, 3.05) is 18.0 Å². The lowest BCUT2D eigenvalue weighted by molar-refractivity contribution is -0.392. The number of hydrogen-bond donors (Lipinski definition) is 0. The average Bonchev–Trinajstić information content (AvgIpc) is 2.84. The maximum Gasteiger partial charge on any atom is 0.430 e. The second kappa shape index (κ2) is 12.0. The van der Waals surface area contributed by atoms with Crippen molar-refractivity contribution in [1.82, 2.24) is 4.90 Å². The minimum Gasteiger partial charge on any atom is -0.444 e. The molecule has 1 fully saturated rings. The van der Waals surface area contributed by atoms with Crippen molar-refractivity contribution >= 4 is 17.9 Å². The zero-order valence-corrected chi connectivity index (χ0v) is 23.9. The standard InChI is InChI=1S/C30H36F6N2O3/c1-7-11-23-16-24(28(29(31,32)33,30(34,35)36)40-19-22-12-9-8-10-13-22)14-15-25(23)37-17-21(3)38(18-20(37)2)26(39)41-27(4,5)6/h7-16,20-21H,17-19H2,1-6H3/b11-7-/t20-,21+/m1/s1. The van der Waals surface area contributed by atoms with Crippen LogP contribution in [0.2, 0.25) is 0 Å². The van der Waals surface area contributed by atoms with Gasteiger partial charge in [0.2, 0.25) is 0 Å². The molecule has 0 saturated carbocycles. The number of piperazine rings is 1. The molecule has 0 bridgehead atoms. The Balaban J connectivity index is 2.04. The molecule has 1 amide bonds. The zero-order valence-electron chi connectivity index (χ0n) is 23.9. The summed E-state index contributed by atoms with van der Waals surface area (Å²) in [6.45, 7) is 10.2. The molecule has 5 nitrogen and oxygen atoms in total. The molecule has 2 aromatic carbocycles. The first-order valence-corrected chi connectivity index (χ1v) is 13.3. The maximum atomic E-state index is 14.5. The van der Waals surface area contributed by atoms with Gasteiger partial charge in [-0.05, 0) is 64.8 Å². The van der Waals surface area contributed by atoms with E-state index >= 15 is 0 Å². The predicted molar refractivity (Wildman–Crippen MR) is 145 cm³/mol. The van der Waals surface area contributed by atoms with Crippen LogP contribution in [0.3, 0.4) is 0 Å². The number of carbonyl (C=O) groups is 1. The van der Waals surface area contributed by atoms with Gasteiger partial charge in [-0.3, -0.25) is 0 Å². The van der Waals surface area contributed by atoms with Gasteiger partial charge in [0, 0.05) is 36.4 Å². The highest BCUT2D eigenvalue weighted by Gasteiger charge is 2.73. The summed E-state index contributed by atoms with van der Waals surface area (Å²) in [5.41, 5.74) is -5.55. The summed E-state index contributed by atoms with van der Waals surface area (Å²) in [5, 5.41) is 0. The average molecular weight is 587 g/mol. The van der Waals surface area contributed by atoms with E-state index in [-0.39, 0.29) is 29.8 Å². The second-order valence-corrected chi connectivity index (χ2v) is 11.2. The molecular weight excluding hydrogens is 550 g/mol. The number of rotatable bonds is 6. The molecule has 0 aromatic heterocycles. The van der Waals surface area contributed by atoms with Crippen molar-refractivity contribution in [1.29, 1.82) is 0 Å². The molecular formula is C30H36F6N2O3. The molecule has 1 aliphatic heterocycles. The van der Waals surface area contributed by atoms with Crippen LogP contribution < -0.4 is 4.90 Å². The highest BCUT2D eigenvalue weighted by Crippen LogP contribution is 2.54. The molecule has 0 radical (unpaired) electrons. The fourth-order valence-electron chi connectivity index (χ4n) is 4.89. The van der Waals surface area contributed by atoms with E-state index in [1.165, 1.54) is 36.4 Å². The van der Waals surface area contributed by atoms with Gasteiger partial charge in [0.1, 0.15) is 5.60 Å². The van der Waals surface area contributed by atoms with Crippen LogP contribution in [0.25, 0.3) is 6.08 Å². The second-order valence-electron chi connectivity index (χ2n) is 11.2.